The highest BCUT2D eigenvalue weighted by Gasteiger charge is 2.14. The summed E-state index contributed by atoms with van der Waals surface area (Å²) in [6.07, 6.45) is 3.49. The normalized spacial score (nSPS) is 11.0. The lowest BCUT2D eigenvalue weighted by Gasteiger charge is -2.05. The zero-order valence-corrected chi connectivity index (χ0v) is 14.7. The molecule has 3 heterocycles. The van der Waals surface area contributed by atoms with E-state index in [1.807, 2.05) is 43.6 Å². The number of amides is 1. The monoisotopic (exact) mass is 365 g/mol. The molecule has 0 radical (unpaired) electrons. The molecule has 0 aliphatic heterocycles. The van der Waals surface area contributed by atoms with Crippen molar-refractivity contribution in [2.24, 2.45) is 7.05 Å². The number of nitrogens with one attached hydrogen (secondary N) is 1. The summed E-state index contributed by atoms with van der Waals surface area (Å²) in [5.41, 5.74) is 2.49. The lowest BCUT2D eigenvalue weighted by atomic mass is 10.1. The van der Waals surface area contributed by atoms with Gasteiger partial charge in [0, 0.05) is 31.5 Å². The Labute approximate surface area is 152 Å². The van der Waals surface area contributed by atoms with Crippen LogP contribution < -0.4 is 10.9 Å². The van der Waals surface area contributed by atoms with Crippen LogP contribution in [0.15, 0.2) is 59.7 Å². The lowest BCUT2D eigenvalue weighted by Crippen LogP contribution is -2.32. The van der Waals surface area contributed by atoms with Crippen LogP contribution in [0.3, 0.4) is 0 Å². The van der Waals surface area contributed by atoms with Gasteiger partial charge in [0.05, 0.1) is 11.1 Å². The summed E-state index contributed by atoms with van der Waals surface area (Å²) in [7, 11) is 1.87. The number of carbonyl (C=O) groups excluding carboxylic acids is 1. The van der Waals surface area contributed by atoms with Crippen LogP contribution in [-0.2, 0) is 13.6 Å². The zero-order chi connectivity index (χ0) is 18.1. The lowest BCUT2D eigenvalue weighted by molar-refractivity contribution is 0.243. The van der Waals surface area contributed by atoms with E-state index in [4.69, 9.17) is 0 Å². The van der Waals surface area contributed by atoms with E-state index >= 15 is 0 Å². The largest absolute Gasteiger partial charge is 0.338 e. The summed E-state index contributed by atoms with van der Waals surface area (Å²) < 4.78 is 2.85. The van der Waals surface area contributed by atoms with Crippen LogP contribution in [-0.4, -0.2) is 24.8 Å². The number of hydrogen-bond acceptors (Lipinski definition) is 5. The summed E-state index contributed by atoms with van der Waals surface area (Å²) in [6, 6.07) is 12.6. The van der Waals surface area contributed by atoms with Gasteiger partial charge in [0.25, 0.3) is 5.56 Å². The van der Waals surface area contributed by atoms with Gasteiger partial charge in [-0.2, -0.15) is 9.06 Å². The molecule has 4 rings (SSSR count). The van der Waals surface area contributed by atoms with Crippen molar-refractivity contribution in [2.45, 2.75) is 6.54 Å². The third-order valence-electron chi connectivity index (χ3n) is 3.96. The highest BCUT2D eigenvalue weighted by molar-refractivity contribution is 7.14. The van der Waals surface area contributed by atoms with Crippen LogP contribution in [0.1, 0.15) is 5.56 Å². The Morgan fingerprint density at radius 2 is 2.00 bits per heavy atom. The van der Waals surface area contributed by atoms with Gasteiger partial charge in [-0.05, 0) is 35.3 Å². The van der Waals surface area contributed by atoms with Gasteiger partial charge in [0.15, 0.2) is 0 Å². The number of nitrogens with zero attached hydrogens (tertiary/aromatic N) is 4. The van der Waals surface area contributed by atoms with E-state index in [0.717, 1.165) is 32.3 Å². The first-order chi connectivity index (χ1) is 12.6. The molecule has 0 aliphatic carbocycles. The summed E-state index contributed by atoms with van der Waals surface area (Å²) in [4.78, 5) is 29.2. The quantitative estimate of drug-likeness (QED) is 0.605. The average Bonchev–Trinajstić information content (AvgIpc) is 3.24. The van der Waals surface area contributed by atoms with Crippen LogP contribution in [0, 0.1) is 0 Å². The van der Waals surface area contributed by atoms with Crippen LogP contribution in [0.4, 0.5) is 4.79 Å². The minimum atomic E-state index is -0.452. The van der Waals surface area contributed by atoms with Gasteiger partial charge < -0.3 is 5.32 Å². The number of rotatable bonds is 3. The van der Waals surface area contributed by atoms with Crippen molar-refractivity contribution in [3.63, 3.8) is 0 Å². The number of hydrogen-bond donors (Lipinski definition) is 1. The van der Waals surface area contributed by atoms with Crippen molar-refractivity contribution in [1.29, 1.82) is 0 Å². The fourth-order valence-corrected chi connectivity index (χ4v) is 3.47. The molecule has 0 atom stereocenters. The van der Waals surface area contributed by atoms with E-state index in [1.165, 1.54) is 0 Å². The van der Waals surface area contributed by atoms with Crippen molar-refractivity contribution >= 4 is 27.8 Å². The number of carbonyl (C=O) groups is 1. The topological polar surface area (TPSA) is 81.8 Å². The van der Waals surface area contributed by atoms with Crippen LogP contribution in [0.5, 0.6) is 0 Å². The van der Waals surface area contributed by atoms with E-state index < -0.39 is 6.03 Å². The molecule has 0 fully saturated rings. The van der Waals surface area contributed by atoms with E-state index in [9.17, 15) is 9.59 Å². The number of fused-ring (bicyclic) bond motifs is 1. The Morgan fingerprint density at radius 3 is 2.69 bits per heavy atom. The predicted octanol–water partition coefficient (Wildman–Crippen LogP) is 2.62. The van der Waals surface area contributed by atoms with Crippen molar-refractivity contribution < 1.29 is 4.79 Å². The second-order valence-electron chi connectivity index (χ2n) is 5.78. The molecule has 0 saturated carbocycles. The molecule has 26 heavy (non-hydrogen) atoms. The second kappa shape index (κ2) is 6.57. The third kappa shape index (κ3) is 3.02. The Kier molecular flexibility index (Phi) is 4.10. The molecule has 1 N–H and O–H groups in total. The molecule has 0 spiro atoms. The minimum Gasteiger partial charge on any atom is -0.333 e. The fraction of sp³-hybridized carbons (Fsp3) is 0.111. The van der Waals surface area contributed by atoms with Gasteiger partial charge in [0.2, 0.25) is 0 Å². The second-order valence-corrected chi connectivity index (χ2v) is 6.71. The maximum Gasteiger partial charge on any atom is 0.338 e. The first-order valence-electron chi connectivity index (χ1n) is 7.96. The molecule has 1 aromatic carbocycles. The van der Waals surface area contributed by atoms with E-state index in [2.05, 4.69) is 15.4 Å². The highest BCUT2D eigenvalue weighted by Crippen LogP contribution is 2.17. The molecule has 0 saturated heterocycles. The number of aryl methyl sites for hydroxylation is 1. The van der Waals surface area contributed by atoms with Gasteiger partial charge in [-0.25, -0.2) is 9.78 Å². The van der Waals surface area contributed by atoms with Gasteiger partial charge >= 0.3 is 6.03 Å². The van der Waals surface area contributed by atoms with Gasteiger partial charge in [-0.3, -0.25) is 9.48 Å². The Morgan fingerprint density at radius 1 is 1.19 bits per heavy atom. The van der Waals surface area contributed by atoms with Crippen LogP contribution in [0.2, 0.25) is 0 Å². The molecule has 0 bridgehead atoms. The van der Waals surface area contributed by atoms with E-state index in [1.54, 1.807) is 23.0 Å². The van der Waals surface area contributed by atoms with Crippen molar-refractivity contribution in [1.82, 2.24) is 24.0 Å². The number of benzene rings is 1. The third-order valence-corrected chi connectivity index (χ3v) is 4.97. The highest BCUT2D eigenvalue weighted by atomic mass is 32.1. The summed E-state index contributed by atoms with van der Waals surface area (Å²) in [5, 5.41) is 7.58. The average molecular weight is 365 g/mol. The molecule has 4 aromatic rings. The number of pyridine rings is 1. The maximum atomic E-state index is 12.3. The van der Waals surface area contributed by atoms with Gasteiger partial charge in [0.1, 0.15) is 4.83 Å². The van der Waals surface area contributed by atoms with Crippen molar-refractivity contribution in [2.75, 3.05) is 0 Å². The first-order valence-corrected chi connectivity index (χ1v) is 8.73. The predicted molar refractivity (Wildman–Crippen MR) is 100 cm³/mol. The fourth-order valence-electron chi connectivity index (χ4n) is 2.61. The molecular formula is C18H15N5O2S. The molecule has 130 valence electrons. The zero-order valence-electron chi connectivity index (χ0n) is 13.9. The molecule has 1 amide bonds. The number of aromatic nitrogens is 4. The van der Waals surface area contributed by atoms with Crippen molar-refractivity contribution in [3.05, 3.63) is 70.8 Å². The molecule has 8 heteroatoms. The van der Waals surface area contributed by atoms with E-state index in [0.29, 0.717) is 16.8 Å². The summed E-state index contributed by atoms with van der Waals surface area (Å²) >= 11 is 1.04. The Balaban J connectivity index is 1.47. The van der Waals surface area contributed by atoms with Crippen molar-refractivity contribution in [3.8, 4) is 11.3 Å². The standard InChI is InChI=1S/C18H15N5O2S/c1-22-10-8-15(21-22)13-6-4-12(5-7-13)11-20-18(25)23-17(24)14-3-2-9-19-16(14)26-23/h2-10H,11H2,1H3,(H,20,25). The summed E-state index contributed by atoms with van der Waals surface area (Å²) in [5.74, 6) is 0. The Bertz CT molecular complexity index is 1140. The molecule has 0 unspecified atom stereocenters. The molecule has 7 nitrogen and oxygen atoms in total. The molecule has 0 aliphatic rings. The SMILES string of the molecule is Cn1ccc(-c2ccc(CNC(=O)n3sc4ncccc4c3=O)cc2)n1. The minimum absolute atomic E-state index is 0.329. The van der Waals surface area contributed by atoms with Gasteiger partial charge in [-0.1, -0.05) is 24.3 Å². The summed E-state index contributed by atoms with van der Waals surface area (Å²) in [6.45, 7) is 0.329. The Hall–Kier alpha value is -3.26. The smallest absolute Gasteiger partial charge is 0.333 e. The van der Waals surface area contributed by atoms with Gasteiger partial charge in [-0.15, -0.1) is 0 Å². The molecule has 3 aromatic heterocycles. The first kappa shape index (κ1) is 16.2. The van der Waals surface area contributed by atoms with E-state index in [-0.39, 0.29) is 5.56 Å². The van der Waals surface area contributed by atoms with Crippen LogP contribution in [0.25, 0.3) is 21.5 Å². The van der Waals surface area contributed by atoms with Crippen LogP contribution >= 0.6 is 11.5 Å². The maximum absolute atomic E-state index is 12.3. The molecular weight excluding hydrogens is 350 g/mol.